The number of benzene rings is 1. The van der Waals surface area contributed by atoms with Crippen molar-refractivity contribution in [2.75, 3.05) is 0 Å². The number of amides is 1. The third-order valence-corrected chi connectivity index (χ3v) is 3.86. The van der Waals surface area contributed by atoms with E-state index < -0.39 is 17.2 Å². The Hall–Kier alpha value is -2.91. The molecule has 0 atom stereocenters. The molecule has 2 aromatic heterocycles. The fraction of sp³-hybridized carbons (Fsp3) is 0.0714. The first-order valence-corrected chi connectivity index (χ1v) is 7.56. The summed E-state index contributed by atoms with van der Waals surface area (Å²) in [6.45, 7) is 0. The van der Waals surface area contributed by atoms with Crippen molar-refractivity contribution in [2.24, 2.45) is 10.2 Å². The van der Waals surface area contributed by atoms with Crippen LogP contribution in [0.4, 0.5) is 5.69 Å². The number of nitrogens with zero attached hydrogens (tertiary/aromatic N) is 2. The van der Waals surface area contributed by atoms with Crippen LogP contribution in [0.3, 0.4) is 0 Å². The van der Waals surface area contributed by atoms with E-state index in [4.69, 9.17) is 23.2 Å². The summed E-state index contributed by atoms with van der Waals surface area (Å²) in [5, 5.41) is 18.0. The Morgan fingerprint density at radius 1 is 1.12 bits per heavy atom. The molecule has 128 valence electrons. The van der Waals surface area contributed by atoms with Gasteiger partial charge < -0.3 is 15.1 Å². The van der Waals surface area contributed by atoms with E-state index in [0.717, 1.165) is 6.07 Å². The van der Waals surface area contributed by atoms with Crippen LogP contribution in [-0.4, -0.2) is 26.0 Å². The van der Waals surface area contributed by atoms with Crippen LogP contribution < -0.4 is 11.2 Å². The molecule has 0 aliphatic rings. The Bertz CT molecular complexity index is 1100. The molecular weight excluding hydrogens is 373 g/mol. The summed E-state index contributed by atoms with van der Waals surface area (Å²) in [5.41, 5.74) is -0.980. The summed E-state index contributed by atoms with van der Waals surface area (Å²) in [5.74, 6) is -1.10. The van der Waals surface area contributed by atoms with Crippen molar-refractivity contribution < 1.29 is 9.90 Å². The van der Waals surface area contributed by atoms with Gasteiger partial charge in [0.05, 0.1) is 27.4 Å². The molecule has 2 heterocycles. The number of H-pyrrole nitrogens is 3. The van der Waals surface area contributed by atoms with Gasteiger partial charge >= 0.3 is 5.69 Å². The van der Waals surface area contributed by atoms with Gasteiger partial charge in [-0.2, -0.15) is 0 Å². The van der Waals surface area contributed by atoms with Crippen molar-refractivity contribution in [3.63, 3.8) is 0 Å². The van der Waals surface area contributed by atoms with Crippen LogP contribution in [0, 0.1) is 0 Å². The number of azo groups is 1. The van der Waals surface area contributed by atoms with E-state index in [0.29, 0.717) is 15.9 Å². The van der Waals surface area contributed by atoms with E-state index in [1.54, 1.807) is 0 Å². The van der Waals surface area contributed by atoms with E-state index in [1.165, 1.54) is 12.1 Å². The van der Waals surface area contributed by atoms with Crippen molar-refractivity contribution in [3.8, 4) is 5.88 Å². The molecule has 1 aromatic carbocycles. The number of halogens is 2. The number of hydrogen-bond donors (Lipinski definition) is 4. The van der Waals surface area contributed by atoms with Gasteiger partial charge in [0.1, 0.15) is 0 Å². The Morgan fingerprint density at radius 3 is 2.56 bits per heavy atom. The number of rotatable bonds is 3. The van der Waals surface area contributed by atoms with Crippen molar-refractivity contribution >= 4 is 45.7 Å². The molecule has 25 heavy (non-hydrogen) atoms. The summed E-state index contributed by atoms with van der Waals surface area (Å²) < 4.78 is 0. The minimum absolute atomic E-state index is 0.0461. The van der Waals surface area contributed by atoms with E-state index in [1.807, 2.05) is 4.98 Å². The molecule has 11 heteroatoms. The van der Waals surface area contributed by atoms with E-state index in [-0.39, 0.29) is 28.7 Å². The molecule has 3 rings (SSSR count). The molecule has 0 unspecified atom stereocenters. The second-order valence-electron chi connectivity index (χ2n) is 4.98. The van der Waals surface area contributed by atoms with Crippen LogP contribution >= 0.6 is 23.2 Å². The number of aromatic hydroxyl groups is 1. The molecule has 0 fully saturated rings. The van der Waals surface area contributed by atoms with Crippen LogP contribution in [-0.2, 0) is 11.2 Å². The number of hydrogen-bond acceptors (Lipinski definition) is 5. The zero-order valence-corrected chi connectivity index (χ0v) is 13.8. The molecule has 0 bridgehead atoms. The quantitative estimate of drug-likeness (QED) is 0.516. The zero-order chi connectivity index (χ0) is 18.1. The maximum atomic E-state index is 11.9. The van der Waals surface area contributed by atoms with Gasteiger partial charge in [-0.05, 0) is 12.1 Å². The third kappa shape index (κ3) is 3.47. The minimum Gasteiger partial charge on any atom is -0.493 e. The van der Waals surface area contributed by atoms with E-state index in [9.17, 15) is 19.5 Å². The number of nitrogens with one attached hydrogen (secondary N) is 3. The van der Waals surface area contributed by atoms with E-state index >= 15 is 0 Å². The molecule has 0 spiro atoms. The highest BCUT2D eigenvalue weighted by Gasteiger charge is 2.16. The van der Waals surface area contributed by atoms with Crippen molar-refractivity contribution in [2.45, 2.75) is 6.42 Å². The maximum absolute atomic E-state index is 11.9. The monoisotopic (exact) mass is 381 g/mol. The number of aromatic nitrogens is 3. The lowest BCUT2D eigenvalue weighted by Crippen LogP contribution is -2.23. The van der Waals surface area contributed by atoms with Crippen LogP contribution in [0.25, 0.3) is 10.9 Å². The molecule has 1 amide bonds. The summed E-state index contributed by atoms with van der Waals surface area (Å²) in [7, 11) is 0. The van der Waals surface area contributed by atoms with Gasteiger partial charge in [-0.25, -0.2) is 4.79 Å². The maximum Gasteiger partial charge on any atom is 0.325 e. The summed E-state index contributed by atoms with van der Waals surface area (Å²) >= 11 is 12.1. The lowest BCUT2D eigenvalue weighted by atomic mass is 10.2. The van der Waals surface area contributed by atoms with Crippen molar-refractivity contribution in [1.82, 2.24) is 15.0 Å². The molecule has 3 aromatic rings. The number of aromatic amines is 3. The Labute approximate surface area is 148 Å². The van der Waals surface area contributed by atoms with Gasteiger partial charge in [0.25, 0.3) is 11.5 Å². The van der Waals surface area contributed by atoms with Crippen molar-refractivity contribution in [3.05, 3.63) is 54.8 Å². The smallest absolute Gasteiger partial charge is 0.325 e. The van der Waals surface area contributed by atoms with Gasteiger partial charge in [-0.1, -0.05) is 23.2 Å². The van der Waals surface area contributed by atoms with E-state index in [2.05, 4.69) is 20.2 Å². The highest BCUT2D eigenvalue weighted by atomic mass is 35.5. The summed E-state index contributed by atoms with van der Waals surface area (Å²) in [4.78, 5) is 41.1. The average molecular weight is 382 g/mol. The minimum atomic E-state index is -0.742. The van der Waals surface area contributed by atoms with Crippen molar-refractivity contribution in [1.29, 1.82) is 0 Å². The predicted molar refractivity (Wildman–Crippen MR) is 90.9 cm³/mol. The van der Waals surface area contributed by atoms with Crippen LogP contribution in [0.5, 0.6) is 5.88 Å². The van der Waals surface area contributed by atoms with Gasteiger partial charge in [0.2, 0.25) is 5.88 Å². The molecule has 0 aliphatic carbocycles. The lowest BCUT2D eigenvalue weighted by Gasteiger charge is -1.97. The number of fused-ring (bicyclic) bond motifs is 1. The third-order valence-electron chi connectivity index (χ3n) is 3.23. The topological polar surface area (TPSA) is 144 Å². The van der Waals surface area contributed by atoms with Crippen LogP contribution in [0.15, 0.2) is 38.0 Å². The first-order chi connectivity index (χ1) is 11.8. The number of carbonyl (C=O) groups is 1. The second-order valence-corrected chi connectivity index (χ2v) is 5.80. The molecule has 0 saturated heterocycles. The van der Waals surface area contributed by atoms with Gasteiger partial charge in [0, 0.05) is 11.8 Å². The standard InChI is InChI=1S/C14H9Cl2N5O4/c15-6-1-2-7(16)11-10(6)12(13(24)19-11)21-20-9(23)4-5-3-8(22)18-14(25)17-5/h1-3,19,24H,4H2,(H2,17,18,22,25). The first kappa shape index (κ1) is 16.9. The van der Waals surface area contributed by atoms with Gasteiger partial charge in [0.15, 0.2) is 5.69 Å². The molecule has 4 N–H and O–H groups in total. The highest BCUT2D eigenvalue weighted by molar-refractivity contribution is 6.41. The molecule has 9 nitrogen and oxygen atoms in total. The Morgan fingerprint density at radius 2 is 1.84 bits per heavy atom. The second kappa shape index (κ2) is 6.54. The fourth-order valence-electron chi connectivity index (χ4n) is 2.22. The first-order valence-electron chi connectivity index (χ1n) is 6.81. The predicted octanol–water partition coefficient (Wildman–Crippen LogP) is 2.41. The molecule has 0 aliphatic heterocycles. The Balaban J connectivity index is 1.92. The molecule has 0 radical (unpaired) electrons. The Kier molecular flexibility index (Phi) is 4.43. The van der Waals surface area contributed by atoms with Gasteiger partial charge in [-0.3, -0.25) is 14.6 Å². The fourth-order valence-corrected chi connectivity index (χ4v) is 2.67. The molecular formula is C14H9Cl2N5O4. The van der Waals surface area contributed by atoms with Crippen LogP contribution in [0.1, 0.15) is 5.69 Å². The summed E-state index contributed by atoms with van der Waals surface area (Å²) in [6, 6.07) is 4.12. The average Bonchev–Trinajstić information content (AvgIpc) is 2.86. The summed E-state index contributed by atoms with van der Waals surface area (Å²) in [6.07, 6.45) is -0.347. The number of carbonyl (C=O) groups excluding carboxylic acids is 1. The lowest BCUT2D eigenvalue weighted by molar-refractivity contribution is -0.117. The SMILES string of the molecule is O=C(Cc1cc(=O)[nH]c(=O)[nH]1)N=Nc1c(O)[nH]c2c(Cl)ccc(Cl)c12. The van der Waals surface area contributed by atoms with Crippen LogP contribution in [0.2, 0.25) is 10.0 Å². The molecule has 0 saturated carbocycles. The largest absolute Gasteiger partial charge is 0.493 e. The highest BCUT2D eigenvalue weighted by Crippen LogP contribution is 2.42. The van der Waals surface area contributed by atoms with Gasteiger partial charge in [-0.15, -0.1) is 10.2 Å². The zero-order valence-electron chi connectivity index (χ0n) is 12.3. The normalized spacial score (nSPS) is 11.4.